The molecule has 0 spiro atoms. The van der Waals surface area contributed by atoms with Crippen LogP contribution >= 0.6 is 11.8 Å². The summed E-state index contributed by atoms with van der Waals surface area (Å²) in [6.45, 7) is 3.23. The van der Waals surface area contributed by atoms with Gasteiger partial charge in [0.1, 0.15) is 0 Å². The first-order valence-electron chi connectivity index (χ1n) is 7.12. The molecule has 3 N–H and O–H groups in total. The van der Waals surface area contributed by atoms with Gasteiger partial charge in [-0.2, -0.15) is 11.8 Å². The molecule has 1 atom stereocenters. The molecule has 0 aliphatic heterocycles. The fourth-order valence-corrected chi connectivity index (χ4v) is 3.73. The van der Waals surface area contributed by atoms with Crippen molar-refractivity contribution < 1.29 is 0 Å². The predicted octanol–water partition coefficient (Wildman–Crippen LogP) is 2.79. The molecule has 0 radical (unpaired) electrons. The number of nitrogens with one attached hydrogen (secondary N) is 3. The largest absolute Gasteiger partial charge is 0.323 e. The highest BCUT2D eigenvalue weighted by molar-refractivity contribution is 8.00. The fourth-order valence-electron chi connectivity index (χ4n) is 2.80. The number of rotatable bonds is 5. The lowest BCUT2D eigenvalue weighted by Gasteiger charge is -2.41. The number of H-pyrrole nitrogens is 2. The van der Waals surface area contributed by atoms with E-state index in [0.717, 1.165) is 17.6 Å². The number of benzene rings is 1. The molecule has 1 heterocycles. The molecular formula is C15H21N3OS. The average molecular weight is 291 g/mol. The molecule has 0 amide bonds. The van der Waals surface area contributed by atoms with Gasteiger partial charge in [-0.15, -0.1) is 0 Å². The van der Waals surface area contributed by atoms with Gasteiger partial charge in [0.25, 0.3) is 0 Å². The van der Waals surface area contributed by atoms with Gasteiger partial charge in [-0.05, 0) is 43.7 Å². The van der Waals surface area contributed by atoms with Crippen LogP contribution in [-0.2, 0) is 0 Å². The maximum absolute atomic E-state index is 11.3. The molecule has 1 aliphatic rings. The quantitative estimate of drug-likeness (QED) is 0.794. The molecule has 4 nitrogen and oxygen atoms in total. The third kappa shape index (κ3) is 2.52. The van der Waals surface area contributed by atoms with Crippen molar-refractivity contribution in [3.63, 3.8) is 0 Å². The maximum atomic E-state index is 11.3. The summed E-state index contributed by atoms with van der Waals surface area (Å²) < 4.78 is 0.445. The lowest BCUT2D eigenvalue weighted by atomic mass is 9.84. The first-order chi connectivity index (χ1) is 9.62. The molecule has 1 unspecified atom stereocenters. The van der Waals surface area contributed by atoms with Gasteiger partial charge >= 0.3 is 5.69 Å². The first-order valence-corrected chi connectivity index (χ1v) is 8.35. The van der Waals surface area contributed by atoms with Crippen molar-refractivity contribution in [3.05, 3.63) is 34.2 Å². The van der Waals surface area contributed by atoms with Crippen LogP contribution in [0.2, 0.25) is 0 Å². The van der Waals surface area contributed by atoms with E-state index in [1.54, 1.807) is 0 Å². The van der Waals surface area contributed by atoms with Crippen LogP contribution in [0.3, 0.4) is 0 Å². The molecule has 0 bridgehead atoms. The van der Waals surface area contributed by atoms with Crippen LogP contribution in [-0.4, -0.2) is 27.5 Å². The van der Waals surface area contributed by atoms with E-state index in [9.17, 15) is 4.79 Å². The molecule has 1 aromatic carbocycles. The molecule has 1 fully saturated rings. The molecule has 5 heteroatoms. The van der Waals surface area contributed by atoms with Gasteiger partial charge in [-0.3, -0.25) is 0 Å². The van der Waals surface area contributed by atoms with Gasteiger partial charge in [-0.25, -0.2) is 4.79 Å². The van der Waals surface area contributed by atoms with E-state index < -0.39 is 0 Å². The SMILES string of the molecule is CSC1(CNC(C)c2ccc3[nH]c(=O)[nH]c3c2)CCC1. The number of fused-ring (bicyclic) bond motifs is 1. The van der Waals surface area contributed by atoms with Crippen molar-refractivity contribution in [2.75, 3.05) is 12.8 Å². The van der Waals surface area contributed by atoms with Crippen molar-refractivity contribution in [2.24, 2.45) is 0 Å². The van der Waals surface area contributed by atoms with E-state index >= 15 is 0 Å². The van der Waals surface area contributed by atoms with Crippen molar-refractivity contribution in [3.8, 4) is 0 Å². The highest BCUT2D eigenvalue weighted by atomic mass is 32.2. The number of aromatic nitrogens is 2. The molecular weight excluding hydrogens is 270 g/mol. The second-order valence-electron chi connectivity index (χ2n) is 5.73. The Balaban J connectivity index is 1.71. The van der Waals surface area contributed by atoms with Gasteiger partial charge in [0.05, 0.1) is 11.0 Å². The molecule has 20 heavy (non-hydrogen) atoms. The van der Waals surface area contributed by atoms with E-state index in [4.69, 9.17) is 0 Å². The zero-order chi connectivity index (χ0) is 14.2. The third-order valence-electron chi connectivity index (χ3n) is 4.47. The Morgan fingerprint density at radius 2 is 2.10 bits per heavy atom. The van der Waals surface area contributed by atoms with E-state index in [1.165, 1.54) is 24.8 Å². The molecule has 1 aromatic heterocycles. The third-order valence-corrected chi connectivity index (χ3v) is 5.89. The summed E-state index contributed by atoms with van der Waals surface area (Å²) in [4.78, 5) is 16.9. The van der Waals surface area contributed by atoms with Crippen LogP contribution in [0.5, 0.6) is 0 Å². The Morgan fingerprint density at radius 3 is 2.75 bits per heavy atom. The Hall–Kier alpha value is -1.20. The summed E-state index contributed by atoms with van der Waals surface area (Å²) in [7, 11) is 0. The molecule has 1 saturated carbocycles. The minimum Gasteiger partial charge on any atom is -0.309 e. The summed E-state index contributed by atoms with van der Waals surface area (Å²) >= 11 is 1.99. The first kappa shape index (κ1) is 13.8. The summed E-state index contributed by atoms with van der Waals surface area (Å²) in [6.07, 6.45) is 6.20. The minimum atomic E-state index is -0.145. The molecule has 0 saturated heterocycles. The van der Waals surface area contributed by atoms with Crippen molar-refractivity contribution in [1.82, 2.24) is 15.3 Å². The van der Waals surface area contributed by atoms with E-state index in [2.05, 4.69) is 40.6 Å². The van der Waals surface area contributed by atoms with Crippen LogP contribution in [0.25, 0.3) is 11.0 Å². The number of hydrogen-bond acceptors (Lipinski definition) is 3. The fraction of sp³-hybridized carbons (Fsp3) is 0.533. The Kier molecular flexibility index (Phi) is 3.65. The zero-order valence-corrected chi connectivity index (χ0v) is 12.8. The van der Waals surface area contributed by atoms with Gasteiger partial charge in [0.15, 0.2) is 0 Å². The van der Waals surface area contributed by atoms with Gasteiger partial charge in [-0.1, -0.05) is 12.5 Å². The van der Waals surface area contributed by atoms with E-state index in [0.29, 0.717) is 10.8 Å². The van der Waals surface area contributed by atoms with E-state index in [-0.39, 0.29) is 5.69 Å². The van der Waals surface area contributed by atoms with Crippen LogP contribution in [0.4, 0.5) is 0 Å². The Morgan fingerprint density at radius 1 is 1.35 bits per heavy atom. The standard InChI is InChI=1S/C15H21N3OS/c1-10(16-9-15(20-2)6-3-7-15)11-4-5-12-13(8-11)18-14(19)17-12/h4-5,8,10,16H,3,6-7,9H2,1-2H3,(H2,17,18,19). The predicted molar refractivity (Wildman–Crippen MR) is 85.4 cm³/mol. The Bertz CT molecular complexity index is 651. The molecule has 1 aliphatic carbocycles. The number of imidazole rings is 1. The lowest BCUT2D eigenvalue weighted by Crippen LogP contribution is -2.43. The van der Waals surface area contributed by atoms with Crippen LogP contribution < -0.4 is 11.0 Å². The lowest BCUT2D eigenvalue weighted by molar-refractivity contribution is 0.334. The number of aromatic amines is 2. The second kappa shape index (κ2) is 5.30. The summed E-state index contributed by atoms with van der Waals surface area (Å²) in [5.74, 6) is 0. The molecule has 2 aromatic rings. The topological polar surface area (TPSA) is 60.7 Å². The maximum Gasteiger partial charge on any atom is 0.323 e. The highest BCUT2D eigenvalue weighted by Gasteiger charge is 2.35. The summed E-state index contributed by atoms with van der Waals surface area (Å²) in [5, 5.41) is 3.64. The van der Waals surface area contributed by atoms with Gasteiger partial charge < -0.3 is 15.3 Å². The minimum absolute atomic E-state index is 0.145. The van der Waals surface area contributed by atoms with Crippen molar-refractivity contribution in [2.45, 2.75) is 37.0 Å². The number of hydrogen-bond donors (Lipinski definition) is 3. The number of thioether (sulfide) groups is 1. The second-order valence-corrected chi connectivity index (χ2v) is 7.00. The normalized spacial score (nSPS) is 18.9. The van der Waals surface area contributed by atoms with Crippen LogP contribution in [0.15, 0.2) is 23.0 Å². The van der Waals surface area contributed by atoms with Crippen molar-refractivity contribution in [1.29, 1.82) is 0 Å². The molecule has 3 rings (SSSR count). The molecule has 108 valence electrons. The smallest absolute Gasteiger partial charge is 0.309 e. The van der Waals surface area contributed by atoms with Crippen molar-refractivity contribution >= 4 is 22.8 Å². The summed E-state index contributed by atoms with van der Waals surface area (Å²) in [6, 6.07) is 6.39. The van der Waals surface area contributed by atoms with Gasteiger partial charge in [0, 0.05) is 17.3 Å². The monoisotopic (exact) mass is 291 g/mol. The average Bonchev–Trinajstić information content (AvgIpc) is 2.76. The van der Waals surface area contributed by atoms with Crippen LogP contribution in [0.1, 0.15) is 37.8 Å². The Labute approximate surface area is 122 Å². The van der Waals surface area contributed by atoms with Crippen LogP contribution in [0, 0.1) is 0 Å². The summed E-state index contributed by atoms with van der Waals surface area (Å²) in [5.41, 5.74) is 2.81. The highest BCUT2D eigenvalue weighted by Crippen LogP contribution is 2.42. The zero-order valence-electron chi connectivity index (χ0n) is 12.0. The van der Waals surface area contributed by atoms with Gasteiger partial charge in [0.2, 0.25) is 0 Å². The van der Waals surface area contributed by atoms with E-state index in [1.807, 2.05) is 17.8 Å².